The zero-order valence-electron chi connectivity index (χ0n) is 21.5. The average Bonchev–Trinajstić information content (AvgIpc) is 3.37. The number of hydrogen-bond donors (Lipinski definition) is 2. The summed E-state index contributed by atoms with van der Waals surface area (Å²) in [4.78, 5) is 28.9. The van der Waals surface area contributed by atoms with Crippen molar-refractivity contribution >= 4 is 23.2 Å². The van der Waals surface area contributed by atoms with Gasteiger partial charge in [-0.05, 0) is 55.8 Å². The number of allylic oxidation sites excluding steroid dienone is 1. The number of para-hydroxylation sites is 1. The molecule has 3 aromatic carbocycles. The molecule has 0 spiro atoms. The van der Waals surface area contributed by atoms with Crippen LogP contribution in [-0.2, 0) is 4.79 Å². The van der Waals surface area contributed by atoms with E-state index in [-0.39, 0.29) is 11.6 Å². The molecule has 1 aliphatic heterocycles. The normalized spacial score (nSPS) is 14.3. The van der Waals surface area contributed by atoms with Gasteiger partial charge in [-0.3, -0.25) is 14.9 Å². The molecule has 11 nitrogen and oxygen atoms in total. The van der Waals surface area contributed by atoms with Gasteiger partial charge in [-0.2, -0.15) is 4.98 Å². The molecule has 1 aromatic heterocycles. The number of nitrogens with zero attached hydrogens (tertiary/aromatic N) is 4. The third kappa shape index (κ3) is 5.01. The van der Waals surface area contributed by atoms with Crippen LogP contribution in [0.25, 0.3) is 11.4 Å². The highest BCUT2D eigenvalue weighted by Gasteiger charge is 2.35. The smallest absolute Gasteiger partial charge is 0.269 e. The van der Waals surface area contributed by atoms with Gasteiger partial charge in [0.1, 0.15) is 6.04 Å². The van der Waals surface area contributed by atoms with Gasteiger partial charge in [-0.15, -0.1) is 5.10 Å². The van der Waals surface area contributed by atoms with Crippen LogP contribution in [-0.4, -0.2) is 39.3 Å². The van der Waals surface area contributed by atoms with Crippen molar-refractivity contribution in [3.8, 4) is 22.9 Å². The molecular formula is C28H26N6O5. The summed E-state index contributed by atoms with van der Waals surface area (Å²) in [6.45, 7) is 4.17. The van der Waals surface area contributed by atoms with Gasteiger partial charge in [-0.1, -0.05) is 24.3 Å². The highest BCUT2D eigenvalue weighted by Crippen LogP contribution is 2.40. The number of ether oxygens (including phenoxy) is 2. The van der Waals surface area contributed by atoms with Gasteiger partial charge in [0.05, 0.1) is 24.2 Å². The average molecular weight is 527 g/mol. The summed E-state index contributed by atoms with van der Waals surface area (Å²) < 4.78 is 12.9. The van der Waals surface area contributed by atoms with Crippen LogP contribution in [0.3, 0.4) is 0 Å². The maximum absolute atomic E-state index is 13.7. The quantitative estimate of drug-likeness (QED) is 0.237. The van der Waals surface area contributed by atoms with E-state index in [4.69, 9.17) is 14.6 Å². The van der Waals surface area contributed by atoms with Crippen LogP contribution in [0.4, 0.5) is 17.3 Å². The van der Waals surface area contributed by atoms with Crippen LogP contribution in [0.5, 0.6) is 11.5 Å². The molecule has 0 bridgehead atoms. The Morgan fingerprint density at radius 3 is 2.51 bits per heavy atom. The number of carbonyl (C=O) groups is 1. The second-order valence-electron chi connectivity index (χ2n) is 8.74. The van der Waals surface area contributed by atoms with E-state index >= 15 is 0 Å². The molecule has 198 valence electrons. The van der Waals surface area contributed by atoms with Crippen molar-refractivity contribution < 1.29 is 19.2 Å². The molecule has 2 N–H and O–H groups in total. The van der Waals surface area contributed by atoms with Gasteiger partial charge in [0, 0.05) is 29.1 Å². The molecule has 0 radical (unpaired) electrons. The van der Waals surface area contributed by atoms with Crippen molar-refractivity contribution in [2.24, 2.45) is 0 Å². The first-order chi connectivity index (χ1) is 18.9. The van der Waals surface area contributed by atoms with Gasteiger partial charge < -0.3 is 20.1 Å². The van der Waals surface area contributed by atoms with Gasteiger partial charge in [0.25, 0.3) is 11.6 Å². The van der Waals surface area contributed by atoms with Crippen molar-refractivity contribution in [2.45, 2.75) is 19.9 Å². The fraction of sp³-hybridized carbons (Fsp3) is 0.179. The summed E-state index contributed by atoms with van der Waals surface area (Å²) in [5.41, 5.74) is 3.00. The topological polar surface area (TPSA) is 133 Å². The number of carbonyl (C=O) groups excluding carboxylic acids is 1. The number of amides is 1. The van der Waals surface area contributed by atoms with Crippen molar-refractivity contribution in [3.05, 3.63) is 99.7 Å². The lowest BCUT2D eigenvalue weighted by Gasteiger charge is -2.29. The van der Waals surface area contributed by atoms with Crippen LogP contribution in [0.1, 0.15) is 25.5 Å². The Morgan fingerprint density at radius 2 is 1.85 bits per heavy atom. The van der Waals surface area contributed by atoms with Gasteiger partial charge >= 0.3 is 0 Å². The summed E-state index contributed by atoms with van der Waals surface area (Å²) in [6.07, 6.45) is 0. The van der Waals surface area contributed by atoms with E-state index < -0.39 is 11.0 Å². The molecule has 1 amide bonds. The van der Waals surface area contributed by atoms with E-state index in [9.17, 15) is 14.9 Å². The Morgan fingerprint density at radius 1 is 1.10 bits per heavy atom. The summed E-state index contributed by atoms with van der Waals surface area (Å²) in [5, 5.41) is 22.0. The van der Waals surface area contributed by atoms with Crippen molar-refractivity contribution in [3.63, 3.8) is 0 Å². The molecule has 0 aliphatic carbocycles. The lowest BCUT2D eigenvalue weighted by Crippen LogP contribution is -2.31. The van der Waals surface area contributed by atoms with Gasteiger partial charge in [-0.25, -0.2) is 4.68 Å². The maximum Gasteiger partial charge on any atom is 0.269 e. The third-order valence-corrected chi connectivity index (χ3v) is 6.27. The Bertz CT molecular complexity index is 1560. The minimum Gasteiger partial charge on any atom is -0.493 e. The Balaban J connectivity index is 1.61. The van der Waals surface area contributed by atoms with Crippen molar-refractivity contribution in [2.75, 3.05) is 24.4 Å². The molecule has 11 heteroatoms. The van der Waals surface area contributed by atoms with E-state index in [0.29, 0.717) is 52.4 Å². The van der Waals surface area contributed by atoms with Gasteiger partial charge in [0.15, 0.2) is 17.3 Å². The minimum absolute atomic E-state index is 0.0300. The summed E-state index contributed by atoms with van der Waals surface area (Å²) in [6, 6.07) is 20.0. The number of methoxy groups -OCH3 is 1. The number of non-ortho nitro benzene ring substituents is 1. The number of nitro groups is 1. The number of fused-ring (bicyclic) bond motifs is 1. The first kappa shape index (κ1) is 25.5. The molecule has 5 rings (SSSR count). The number of nitrogens with one attached hydrogen (secondary N) is 2. The Labute approximate surface area is 224 Å². The highest BCUT2D eigenvalue weighted by atomic mass is 16.6. The Hall–Kier alpha value is -5.19. The molecule has 1 atom stereocenters. The lowest BCUT2D eigenvalue weighted by atomic mass is 9.94. The number of nitro benzene ring substituents is 1. The molecule has 1 unspecified atom stereocenters. The molecule has 1 aliphatic rings. The maximum atomic E-state index is 13.7. The molecule has 0 fully saturated rings. The third-order valence-electron chi connectivity index (χ3n) is 6.27. The predicted molar refractivity (Wildman–Crippen MR) is 146 cm³/mol. The fourth-order valence-electron chi connectivity index (χ4n) is 4.46. The summed E-state index contributed by atoms with van der Waals surface area (Å²) in [7, 11) is 1.56. The fourth-order valence-corrected chi connectivity index (χ4v) is 4.46. The number of hydrogen-bond acceptors (Lipinski definition) is 8. The molecular weight excluding hydrogens is 500 g/mol. The Kier molecular flexibility index (Phi) is 6.96. The number of anilines is 2. The van der Waals surface area contributed by atoms with Crippen molar-refractivity contribution in [1.82, 2.24) is 14.8 Å². The molecule has 0 saturated carbocycles. The SMILES string of the molecule is CCOc1ccc(C2C(C(=O)Nc3ccccc3)=C(C)Nc3nc(-c4ccc([N+](=O)[O-])cc4)nn32)cc1OC. The van der Waals surface area contributed by atoms with E-state index in [1.54, 1.807) is 30.0 Å². The van der Waals surface area contributed by atoms with Crippen LogP contribution < -0.4 is 20.1 Å². The van der Waals surface area contributed by atoms with Crippen LogP contribution in [0.15, 0.2) is 84.1 Å². The van der Waals surface area contributed by atoms with E-state index in [1.165, 1.54) is 12.1 Å². The van der Waals surface area contributed by atoms with E-state index in [0.717, 1.165) is 5.56 Å². The summed E-state index contributed by atoms with van der Waals surface area (Å²) >= 11 is 0. The number of rotatable bonds is 8. The zero-order valence-corrected chi connectivity index (χ0v) is 21.5. The first-order valence-corrected chi connectivity index (χ1v) is 12.3. The van der Waals surface area contributed by atoms with E-state index in [2.05, 4.69) is 15.6 Å². The van der Waals surface area contributed by atoms with E-state index in [1.807, 2.05) is 56.3 Å². The molecule has 4 aromatic rings. The lowest BCUT2D eigenvalue weighted by molar-refractivity contribution is -0.384. The van der Waals surface area contributed by atoms with Crippen molar-refractivity contribution in [1.29, 1.82) is 0 Å². The highest BCUT2D eigenvalue weighted by molar-refractivity contribution is 6.06. The monoisotopic (exact) mass is 526 g/mol. The van der Waals surface area contributed by atoms with Crippen LogP contribution in [0, 0.1) is 10.1 Å². The van der Waals surface area contributed by atoms with Crippen LogP contribution >= 0.6 is 0 Å². The molecule has 2 heterocycles. The standard InChI is InChI=1S/C28H26N6O5/c1-4-39-22-15-12-19(16-23(22)38-3)25-24(27(35)30-20-8-6-5-7-9-20)17(2)29-28-31-26(32-33(25)28)18-10-13-21(14-11-18)34(36)37/h5-16,25H,4H2,1-3H3,(H,30,35)(H,29,31,32). The largest absolute Gasteiger partial charge is 0.493 e. The molecule has 39 heavy (non-hydrogen) atoms. The predicted octanol–water partition coefficient (Wildman–Crippen LogP) is 5.19. The number of aromatic nitrogens is 3. The van der Waals surface area contributed by atoms with Gasteiger partial charge in [0.2, 0.25) is 5.95 Å². The molecule has 0 saturated heterocycles. The number of benzene rings is 3. The minimum atomic E-state index is -0.658. The van der Waals surface area contributed by atoms with Crippen LogP contribution in [0.2, 0.25) is 0 Å². The second kappa shape index (κ2) is 10.7. The summed E-state index contributed by atoms with van der Waals surface area (Å²) in [5.74, 6) is 1.58. The second-order valence-corrected chi connectivity index (χ2v) is 8.74. The zero-order chi connectivity index (χ0) is 27.5. The first-order valence-electron chi connectivity index (χ1n) is 12.3.